The number of rotatable bonds is 5. The molecule has 0 aliphatic carbocycles. The summed E-state index contributed by atoms with van der Waals surface area (Å²) in [6.45, 7) is 0. The highest BCUT2D eigenvalue weighted by Gasteiger charge is 2.23. The zero-order valence-corrected chi connectivity index (χ0v) is 16.8. The molecule has 1 amide bonds. The Hall–Kier alpha value is -3.62. The van der Waals surface area contributed by atoms with Crippen molar-refractivity contribution in [2.24, 2.45) is 0 Å². The number of hydrogen-bond donors (Lipinski definition) is 2. The van der Waals surface area contributed by atoms with Gasteiger partial charge in [0.15, 0.2) is 0 Å². The third kappa shape index (κ3) is 4.16. The normalized spacial score (nSPS) is 11.4. The van der Waals surface area contributed by atoms with Crippen LogP contribution in [0.4, 0.5) is 8.78 Å². The lowest BCUT2D eigenvalue weighted by Crippen LogP contribution is -2.42. The van der Waals surface area contributed by atoms with E-state index in [1.807, 2.05) is 22.4 Å². The van der Waals surface area contributed by atoms with Crippen LogP contribution in [-0.2, 0) is 10.0 Å². The molecule has 2 N–H and O–H groups in total. The minimum Gasteiger partial charge on any atom is -0.273 e. The lowest BCUT2D eigenvalue weighted by molar-refractivity contribution is 0.0936. The van der Waals surface area contributed by atoms with Gasteiger partial charge in [-0.05, 0) is 40.6 Å². The molecule has 0 spiro atoms. The quantitative estimate of drug-likeness (QED) is 0.454. The van der Waals surface area contributed by atoms with E-state index in [9.17, 15) is 22.0 Å². The van der Waals surface area contributed by atoms with Crippen LogP contribution in [0.25, 0.3) is 21.9 Å². The molecule has 0 fully saturated rings. The van der Waals surface area contributed by atoms with Crippen molar-refractivity contribution < 1.29 is 22.0 Å². The van der Waals surface area contributed by atoms with Crippen molar-refractivity contribution in [1.82, 2.24) is 10.3 Å². The molecule has 0 unspecified atom stereocenters. The van der Waals surface area contributed by atoms with Crippen LogP contribution in [0, 0.1) is 11.6 Å². The SMILES string of the molecule is O=C(NNS(=O)(=O)c1ccc2ccccc2c1)c1c(F)ccc(-c2ccccc2)c1F. The number of fused-ring (bicyclic) bond motifs is 1. The predicted octanol–water partition coefficient (Wildman–Crippen LogP) is 4.41. The molecule has 0 heterocycles. The van der Waals surface area contributed by atoms with Crippen LogP contribution in [0.15, 0.2) is 89.8 Å². The van der Waals surface area contributed by atoms with Gasteiger partial charge >= 0.3 is 0 Å². The number of amides is 1. The van der Waals surface area contributed by atoms with Gasteiger partial charge in [-0.2, -0.15) is 0 Å². The van der Waals surface area contributed by atoms with Crippen LogP contribution in [0.2, 0.25) is 0 Å². The lowest BCUT2D eigenvalue weighted by atomic mass is 10.0. The Morgan fingerprint density at radius 2 is 1.45 bits per heavy atom. The van der Waals surface area contributed by atoms with Gasteiger partial charge in [0.1, 0.15) is 17.2 Å². The third-order valence-electron chi connectivity index (χ3n) is 4.73. The van der Waals surface area contributed by atoms with E-state index >= 15 is 0 Å². The summed E-state index contributed by atoms with van der Waals surface area (Å²) in [5, 5.41) is 1.52. The van der Waals surface area contributed by atoms with Gasteiger partial charge in [-0.15, -0.1) is 4.83 Å². The summed E-state index contributed by atoms with van der Waals surface area (Å²) in [6, 6.07) is 22.1. The zero-order chi connectivity index (χ0) is 22.0. The second kappa shape index (κ2) is 8.25. The van der Waals surface area contributed by atoms with Gasteiger partial charge in [0.25, 0.3) is 15.9 Å². The number of carbonyl (C=O) groups is 1. The number of hydrogen-bond acceptors (Lipinski definition) is 3. The molecular formula is C23H16F2N2O3S. The molecule has 31 heavy (non-hydrogen) atoms. The van der Waals surface area contributed by atoms with E-state index in [1.54, 1.807) is 48.5 Å². The molecule has 4 aromatic rings. The van der Waals surface area contributed by atoms with Gasteiger partial charge in [0.2, 0.25) is 0 Å². The summed E-state index contributed by atoms with van der Waals surface area (Å²) in [6.07, 6.45) is 0. The number of benzene rings is 4. The first-order chi connectivity index (χ1) is 14.9. The highest BCUT2D eigenvalue weighted by Crippen LogP contribution is 2.26. The van der Waals surface area contributed by atoms with E-state index in [-0.39, 0.29) is 10.5 Å². The predicted molar refractivity (Wildman–Crippen MR) is 114 cm³/mol. The molecule has 0 aromatic heterocycles. The van der Waals surface area contributed by atoms with E-state index in [1.165, 1.54) is 18.2 Å². The fourth-order valence-corrected chi connectivity index (χ4v) is 4.05. The van der Waals surface area contributed by atoms with Gasteiger partial charge in [0, 0.05) is 5.56 Å². The van der Waals surface area contributed by atoms with E-state index in [0.29, 0.717) is 10.9 Å². The van der Waals surface area contributed by atoms with Crippen molar-refractivity contribution in [3.05, 3.63) is 102 Å². The number of carbonyl (C=O) groups excluding carboxylic acids is 1. The van der Waals surface area contributed by atoms with E-state index in [2.05, 4.69) is 0 Å². The number of hydrazine groups is 1. The fourth-order valence-electron chi connectivity index (χ4n) is 3.17. The summed E-state index contributed by atoms with van der Waals surface area (Å²) in [5.41, 5.74) is 1.47. The topological polar surface area (TPSA) is 75.3 Å². The minimum atomic E-state index is -4.17. The monoisotopic (exact) mass is 438 g/mol. The van der Waals surface area contributed by atoms with Crippen molar-refractivity contribution in [3.63, 3.8) is 0 Å². The molecule has 0 aliphatic heterocycles. The van der Waals surface area contributed by atoms with Gasteiger partial charge in [0.05, 0.1) is 4.90 Å². The largest absolute Gasteiger partial charge is 0.273 e. The Labute approximate surface area is 177 Å². The summed E-state index contributed by atoms with van der Waals surface area (Å²) < 4.78 is 54.3. The lowest BCUT2D eigenvalue weighted by Gasteiger charge is -2.12. The molecular weight excluding hydrogens is 422 g/mol. The van der Waals surface area contributed by atoms with Gasteiger partial charge in [-0.1, -0.05) is 60.7 Å². The minimum absolute atomic E-state index is 0.0181. The molecule has 8 heteroatoms. The van der Waals surface area contributed by atoms with Crippen LogP contribution in [-0.4, -0.2) is 14.3 Å². The Morgan fingerprint density at radius 3 is 2.19 bits per heavy atom. The molecule has 0 atom stereocenters. The number of nitrogens with one attached hydrogen (secondary N) is 2. The van der Waals surface area contributed by atoms with Crippen LogP contribution in [0.5, 0.6) is 0 Å². The van der Waals surface area contributed by atoms with Crippen LogP contribution < -0.4 is 10.3 Å². The molecule has 4 aromatic carbocycles. The summed E-state index contributed by atoms with van der Waals surface area (Å²) in [7, 11) is -4.17. The molecule has 4 rings (SSSR count). The highest BCUT2D eigenvalue weighted by atomic mass is 32.2. The van der Waals surface area contributed by atoms with E-state index in [0.717, 1.165) is 11.5 Å². The third-order valence-corrected chi connectivity index (χ3v) is 5.98. The molecule has 156 valence electrons. The maximum absolute atomic E-state index is 14.9. The molecule has 5 nitrogen and oxygen atoms in total. The van der Waals surface area contributed by atoms with Gasteiger partial charge < -0.3 is 0 Å². The maximum atomic E-state index is 14.9. The Morgan fingerprint density at radius 1 is 0.774 bits per heavy atom. The van der Waals surface area contributed by atoms with E-state index in [4.69, 9.17) is 0 Å². The molecule has 0 radical (unpaired) electrons. The van der Waals surface area contributed by atoms with Crippen molar-refractivity contribution >= 4 is 26.7 Å². The highest BCUT2D eigenvalue weighted by molar-refractivity contribution is 7.89. The molecule has 0 saturated heterocycles. The summed E-state index contributed by atoms with van der Waals surface area (Å²) >= 11 is 0. The Kier molecular flexibility index (Phi) is 5.50. The summed E-state index contributed by atoms with van der Waals surface area (Å²) in [5.74, 6) is -3.45. The smallest absolute Gasteiger partial charge is 0.272 e. The van der Waals surface area contributed by atoms with Crippen LogP contribution >= 0.6 is 0 Å². The Balaban J connectivity index is 1.59. The standard InChI is InChI=1S/C23H16F2N2O3S/c24-20-13-12-19(16-7-2-1-3-8-16)22(25)21(20)23(28)26-27-31(29,30)18-11-10-15-6-4-5-9-17(15)14-18/h1-14,27H,(H,26,28). The first kappa shape index (κ1) is 20.6. The molecule has 0 bridgehead atoms. The van der Waals surface area contributed by atoms with E-state index < -0.39 is 33.1 Å². The number of sulfonamides is 1. The molecule has 0 aliphatic rings. The van der Waals surface area contributed by atoms with Crippen LogP contribution in [0.1, 0.15) is 10.4 Å². The van der Waals surface area contributed by atoms with Crippen molar-refractivity contribution in [2.75, 3.05) is 0 Å². The van der Waals surface area contributed by atoms with Crippen molar-refractivity contribution in [2.45, 2.75) is 4.90 Å². The van der Waals surface area contributed by atoms with Crippen LogP contribution in [0.3, 0.4) is 0 Å². The van der Waals surface area contributed by atoms with Gasteiger partial charge in [-0.25, -0.2) is 17.2 Å². The fraction of sp³-hybridized carbons (Fsp3) is 0. The van der Waals surface area contributed by atoms with Crippen molar-refractivity contribution in [3.8, 4) is 11.1 Å². The second-order valence-corrected chi connectivity index (χ2v) is 8.40. The van der Waals surface area contributed by atoms with Crippen molar-refractivity contribution in [1.29, 1.82) is 0 Å². The average Bonchev–Trinajstić information content (AvgIpc) is 2.78. The number of halogens is 2. The summed E-state index contributed by atoms with van der Waals surface area (Å²) in [4.78, 5) is 14.2. The zero-order valence-electron chi connectivity index (χ0n) is 16.0. The molecule has 0 saturated carbocycles. The first-order valence-electron chi connectivity index (χ1n) is 9.21. The second-order valence-electron chi connectivity index (χ2n) is 6.72. The first-order valence-corrected chi connectivity index (χ1v) is 10.7. The Bertz CT molecular complexity index is 1390. The van der Waals surface area contributed by atoms with Gasteiger partial charge in [-0.3, -0.25) is 10.2 Å². The average molecular weight is 438 g/mol. The maximum Gasteiger partial charge on any atom is 0.272 e.